The van der Waals surface area contributed by atoms with Gasteiger partial charge >= 0.3 is 0 Å². The largest absolute Gasteiger partial charge is 0.392 e. The number of carbonyl (C=O) groups excluding carboxylic acids is 1. The number of rotatable bonds is 5. The molecule has 1 unspecified atom stereocenters. The van der Waals surface area contributed by atoms with E-state index in [2.05, 4.69) is 21.3 Å². The Morgan fingerprint density at radius 3 is 2.74 bits per heavy atom. The quantitative estimate of drug-likeness (QED) is 0.486. The minimum atomic E-state index is -0.387. The standard InChI is InChI=1S/C27H29Cl2N5O3.C2H6/c1-37-34-25-18(8-9-21(26(34)36)24-22(28)6-3-7-23(24)29)10-12-30-27(32-25)31-19-5-2-4-17(14-19)15-33-13-11-20(35)16-33;1-2/h2,4-6,9-10,14,20,35H,3,7-8,11-13,15-16H2,1H3,(H,30,31);1-2H3. The number of hydrogen-bond donors (Lipinski definition) is 2. The Balaban J connectivity index is 0.00000172. The fraction of sp³-hybridized carbons (Fsp3) is 0.414. The number of hydrogen-bond acceptors (Lipinski definition) is 7. The summed E-state index contributed by atoms with van der Waals surface area (Å²) in [6.45, 7) is 6.73. The van der Waals surface area contributed by atoms with Gasteiger partial charge in [0.05, 0.1) is 19.8 Å². The van der Waals surface area contributed by atoms with Crippen LogP contribution in [0.4, 0.5) is 5.69 Å². The van der Waals surface area contributed by atoms with E-state index >= 15 is 0 Å². The number of halogens is 2. The summed E-state index contributed by atoms with van der Waals surface area (Å²) >= 11 is 13.0. The Bertz CT molecular complexity index is 1280. The molecule has 3 heterocycles. The van der Waals surface area contributed by atoms with E-state index in [4.69, 9.17) is 33.0 Å². The lowest BCUT2D eigenvalue weighted by atomic mass is 9.97. The number of nitrogens with one attached hydrogen (secondary N) is 1. The van der Waals surface area contributed by atoms with Gasteiger partial charge in [0.15, 0.2) is 5.84 Å². The van der Waals surface area contributed by atoms with Crippen LogP contribution >= 0.6 is 23.2 Å². The number of benzene rings is 1. The molecule has 5 rings (SSSR count). The second-order valence-electron chi connectivity index (χ2n) is 9.31. The number of aliphatic hydroxyl groups is 1. The molecule has 0 saturated carbocycles. The van der Waals surface area contributed by atoms with Gasteiger partial charge < -0.3 is 10.4 Å². The fourth-order valence-electron chi connectivity index (χ4n) is 4.89. The van der Waals surface area contributed by atoms with Crippen molar-refractivity contribution in [3.63, 3.8) is 0 Å². The second-order valence-corrected chi connectivity index (χ2v) is 10.2. The number of nitrogens with zero attached hydrogens (tertiary/aromatic N) is 4. The van der Waals surface area contributed by atoms with E-state index in [0.29, 0.717) is 58.9 Å². The highest BCUT2D eigenvalue weighted by Gasteiger charge is 2.33. The molecule has 0 radical (unpaired) electrons. The van der Waals surface area contributed by atoms with Gasteiger partial charge in [-0.2, -0.15) is 10.1 Å². The number of amides is 1. The van der Waals surface area contributed by atoms with Crippen LogP contribution in [-0.4, -0.2) is 65.6 Å². The molecule has 39 heavy (non-hydrogen) atoms. The molecule has 1 aromatic carbocycles. The first-order valence-corrected chi connectivity index (χ1v) is 14.1. The van der Waals surface area contributed by atoms with Crippen LogP contribution in [-0.2, 0) is 16.2 Å². The van der Waals surface area contributed by atoms with E-state index in [0.717, 1.165) is 42.8 Å². The van der Waals surface area contributed by atoms with Gasteiger partial charge in [-0.25, -0.2) is 4.99 Å². The number of amidine groups is 1. The predicted octanol–water partition coefficient (Wildman–Crippen LogP) is 5.52. The van der Waals surface area contributed by atoms with Crippen LogP contribution in [0.5, 0.6) is 0 Å². The highest BCUT2D eigenvalue weighted by atomic mass is 35.5. The molecule has 1 saturated heterocycles. The Kier molecular flexibility index (Phi) is 10.2. The predicted molar refractivity (Wildman–Crippen MR) is 158 cm³/mol. The summed E-state index contributed by atoms with van der Waals surface area (Å²) in [4.78, 5) is 30.6. The molecule has 0 bridgehead atoms. The zero-order chi connectivity index (χ0) is 27.9. The molecule has 0 spiro atoms. The first-order chi connectivity index (χ1) is 18.9. The lowest BCUT2D eigenvalue weighted by Gasteiger charge is -2.23. The van der Waals surface area contributed by atoms with Crippen molar-refractivity contribution in [2.45, 2.75) is 52.2 Å². The van der Waals surface area contributed by atoms with E-state index in [1.807, 2.05) is 50.3 Å². The Morgan fingerprint density at radius 1 is 1.21 bits per heavy atom. The minimum absolute atomic E-state index is 0.252. The molecule has 0 aromatic heterocycles. The van der Waals surface area contributed by atoms with Crippen molar-refractivity contribution in [1.82, 2.24) is 9.96 Å². The number of anilines is 1. The second kappa shape index (κ2) is 13.5. The maximum absolute atomic E-state index is 13.6. The van der Waals surface area contributed by atoms with Crippen molar-refractivity contribution in [2.24, 2.45) is 9.98 Å². The number of carbonyl (C=O) groups is 1. The van der Waals surface area contributed by atoms with Crippen LogP contribution in [0.1, 0.15) is 45.1 Å². The maximum Gasteiger partial charge on any atom is 0.284 e. The summed E-state index contributed by atoms with van der Waals surface area (Å²) in [7, 11) is 1.43. The van der Waals surface area contributed by atoms with Crippen molar-refractivity contribution in [2.75, 3.05) is 32.1 Å². The Morgan fingerprint density at radius 2 is 2.03 bits per heavy atom. The number of aliphatic imine (C=N–C) groups is 2. The lowest BCUT2D eigenvalue weighted by Crippen LogP contribution is -2.38. The molecule has 208 valence electrons. The molecule has 1 atom stereocenters. The summed E-state index contributed by atoms with van der Waals surface area (Å²) in [6, 6.07) is 8.03. The number of fused-ring (bicyclic) bond motifs is 1. The zero-order valence-corrected chi connectivity index (χ0v) is 24.1. The number of β-amino-alcohol motifs (C(OH)–C–C–N with tert-alkyl or cyclic N) is 1. The number of allylic oxidation sites excluding steroid dienone is 4. The number of hydroxylamine groups is 2. The summed E-state index contributed by atoms with van der Waals surface area (Å²) in [5.41, 5.74) is 3.73. The van der Waals surface area contributed by atoms with E-state index in [1.165, 1.54) is 12.2 Å². The molecule has 1 amide bonds. The Labute approximate surface area is 240 Å². The van der Waals surface area contributed by atoms with Crippen LogP contribution in [0.2, 0.25) is 0 Å². The number of guanidine groups is 1. The molecule has 8 nitrogen and oxygen atoms in total. The first-order valence-electron chi connectivity index (χ1n) is 13.4. The summed E-state index contributed by atoms with van der Waals surface area (Å²) in [5, 5.41) is 15.3. The van der Waals surface area contributed by atoms with Gasteiger partial charge in [0, 0.05) is 46.5 Å². The van der Waals surface area contributed by atoms with Gasteiger partial charge in [0.1, 0.15) is 0 Å². The van der Waals surface area contributed by atoms with Crippen LogP contribution in [0.3, 0.4) is 0 Å². The molecule has 1 aliphatic carbocycles. The summed E-state index contributed by atoms with van der Waals surface area (Å²) in [6.07, 6.45) is 8.03. The zero-order valence-electron chi connectivity index (χ0n) is 22.6. The first kappa shape index (κ1) is 29.2. The monoisotopic (exact) mass is 571 g/mol. The SMILES string of the molecule is CC.CON1C(=O)C(C2=C(Cl)CCC=C2Cl)=CCC2=CCN=C(Nc3cccc(CN4CCC(O)C4)c3)N=C21. The van der Waals surface area contributed by atoms with Gasteiger partial charge in [-0.1, -0.05) is 67.4 Å². The van der Waals surface area contributed by atoms with Crippen molar-refractivity contribution < 1.29 is 14.7 Å². The van der Waals surface area contributed by atoms with E-state index in [9.17, 15) is 9.90 Å². The van der Waals surface area contributed by atoms with Crippen LogP contribution < -0.4 is 5.32 Å². The lowest BCUT2D eigenvalue weighted by molar-refractivity contribution is -0.150. The normalized spacial score (nSPS) is 21.9. The van der Waals surface area contributed by atoms with Crippen LogP contribution in [0.25, 0.3) is 0 Å². The molecule has 1 fully saturated rings. The topological polar surface area (TPSA) is 89.8 Å². The van der Waals surface area contributed by atoms with Crippen molar-refractivity contribution in [3.05, 3.63) is 74.8 Å². The molecule has 10 heteroatoms. The van der Waals surface area contributed by atoms with Crippen LogP contribution in [0.15, 0.2) is 79.3 Å². The van der Waals surface area contributed by atoms with Crippen molar-refractivity contribution in [3.8, 4) is 0 Å². The minimum Gasteiger partial charge on any atom is -0.392 e. The van der Waals surface area contributed by atoms with Crippen LogP contribution in [0, 0.1) is 0 Å². The van der Waals surface area contributed by atoms with Crippen molar-refractivity contribution in [1.29, 1.82) is 0 Å². The highest BCUT2D eigenvalue weighted by molar-refractivity contribution is 6.38. The fourth-order valence-corrected chi connectivity index (χ4v) is 5.58. The van der Waals surface area contributed by atoms with Gasteiger partial charge in [-0.15, -0.1) is 0 Å². The third kappa shape index (κ3) is 6.88. The number of likely N-dealkylation sites (tertiary alicyclic amines) is 1. The molecular weight excluding hydrogens is 537 g/mol. The maximum atomic E-state index is 13.6. The van der Waals surface area contributed by atoms with Gasteiger partial charge in [-0.05, 0) is 49.0 Å². The summed E-state index contributed by atoms with van der Waals surface area (Å²) < 4.78 is 0. The average Bonchev–Trinajstić information content (AvgIpc) is 3.16. The third-order valence-electron chi connectivity index (χ3n) is 6.70. The van der Waals surface area contributed by atoms with Gasteiger partial charge in [-0.3, -0.25) is 14.5 Å². The van der Waals surface area contributed by atoms with Gasteiger partial charge in [0.25, 0.3) is 5.91 Å². The number of aliphatic hydroxyl groups excluding tert-OH is 1. The molecule has 2 N–H and O–H groups in total. The molecular formula is C29H35Cl2N5O3. The highest BCUT2D eigenvalue weighted by Crippen LogP contribution is 2.37. The Hall–Kier alpha value is -2.75. The van der Waals surface area contributed by atoms with Gasteiger partial charge in [0.2, 0.25) is 5.96 Å². The smallest absolute Gasteiger partial charge is 0.284 e. The molecule has 3 aliphatic heterocycles. The molecule has 1 aromatic rings. The van der Waals surface area contributed by atoms with E-state index in [1.54, 1.807) is 0 Å². The van der Waals surface area contributed by atoms with E-state index in [-0.39, 0.29) is 12.0 Å². The summed E-state index contributed by atoms with van der Waals surface area (Å²) in [5.74, 6) is 0.362. The van der Waals surface area contributed by atoms with E-state index < -0.39 is 0 Å². The van der Waals surface area contributed by atoms with Crippen molar-refractivity contribution >= 4 is 46.6 Å². The molecule has 4 aliphatic rings. The average molecular weight is 573 g/mol. The third-order valence-corrected chi connectivity index (χ3v) is 7.42.